The van der Waals surface area contributed by atoms with Crippen molar-refractivity contribution in [2.24, 2.45) is 0 Å². The fourth-order valence-corrected chi connectivity index (χ4v) is 1.89. The Morgan fingerprint density at radius 3 is 2.61 bits per heavy atom. The van der Waals surface area contributed by atoms with E-state index in [4.69, 9.17) is 4.84 Å². The molecule has 0 aliphatic heterocycles. The monoisotopic (exact) mass is 269 g/mol. The number of rotatable bonds is 4. The fraction of sp³-hybridized carbons (Fsp3) is 0.250. The molecule has 6 heteroatoms. The highest BCUT2D eigenvalue weighted by Gasteiger charge is 2.07. The van der Waals surface area contributed by atoms with Gasteiger partial charge in [0.25, 0.3) is 5.91 Å². The highest BCUT2D eigenvalue weighted by atomic mass is 32.2. The summed E-state index contributed by atoms with van der Waals surface area (Å²) < 4.78 is 22.7. The van der Waals surface area contributed by atoms with E-state index in [9.17, 15) is 13.2 Å². The maximum absolute atomic E-state index is 11.4. The number of hydrogen-bond acceptors (Lipinski definition) is 4. The number of benzene rings is 1. The van der Waals surface area contributed by atoms with Crippen LogP contribution in [0.15, 0.2) is 35.2 Å². The first-order valence-electron chi connectivity index (χ1n) is 5.14. The van der Waals surface area contributed by atoms with Crippen molar-refractivity contribution >= 4 is 21.8 Å². The van der Waals surface area contributed by atoms with Crippen LogP contribution in [0.2, 0.25) is 0 Å². The first kappa shape index (κ1) is 14.4. The van der Waals surface area contributed by atoms with E-state index in [-0.39, 0.29) is 10.8 Å². The molecule has 0 atom stereocenters. The molecule has 18 heavy (non-hydrogen) atoms. The van der Waals surface area contributed by atoms with Gasteiger partial charge < -0.3 is 0 Å². The van der Waals surface area contributed by atoms with Gasteiger partial charge in [0.15, 0.2) is 9.84 Å². The Kier molecular flexibility index (Phi) is 4.63. The highest BCUT2D eigenvalue weighted by Crippen LogP contribution is 2.12. The molecule has 0 aliphatic carbocycles. The largest absolute Gasteiger partial charge is 0.274 e. The Morgan fingerprint density at radius 2 is 2.06 bits per heavy atom. The fourth-order valence-electron chi connectivity index (χ4n) is 1.21. The maximum atomic E-state index is 11.4. The quantitative estimate of drug-likeness (QED) is 0.607. The van der Waals surface area contributed by atoms with Crippen LogP contribution in [0.1, 0.15) is 5.56 Å². The van der Waals surface area contributed by atoms with Crippen LogP contribution in [-0.4, -0.2) is 39.8 Å². The van der Waals surface area contributed by atoms with Crippen molar-refractivity contribution in [1.29, 1.82) is 0 Å². The molecule has 0 unspecified atom stereocenters. The molecule has 0 bridgehead atoms. The first-order valence-corrected chi connectivity index (χ1v) is 7.03. The number of carbonyl (C=O) groups excluding carboxylic acids is 1. The molecule has 0 saturated heterocycles. The molecular formula is C12H15NO4S. The van der Waals surface area contributed by atoms with Crippen molar-refractivity contribution in [3.05, 3.63) is 35.9 Å². The summed E-state index contributed by atoms with van der Waals surface area (Å²) in [4.78, 5) is 16.4. The van der Waals surface area contributed by atoms with Gasteiger partial charge >= 0.3 is 0 Å². The van der Waals surface area contributed by atoms with Crippen molar-refractivity contribution in [3.8, 4) is 0 Å². The van der Waals surface area contributed by atoms with Crippen molar-refractivity contribution < 1.29 is 18.0 Å². The zero-order valence-electron chi connectivity index (χ0n) is 10.5. The molecule has 0 aliphatic rings. The zero-order chi connectivity index (χ0) is 13.8. The molecule has 1 rings (SSSR count). The van der Waals surface area contributed by atoms with E-state index in [1.165, 1.54) is 38.4 Å². The summed E-state index contributed by atoms with van der Waals surface area (Å²) in [6.45, 7) is 0. The van der Waals surface area contributed by atoms with Gasteiger partial charge in [-0.25, -0.2) is 13.5 Å². The van der Waals surface area contributed by atoms with E-state index in [0.29, 0.717) is 5.56 Å². The van der Waals surface area contributed by atoms with Crippen LogP contribution in [0.4, 0.5) is 0 Å². The molecular weight excluding hydrogens is 254 g/mol. The molecule has 5 nitrogen and oxygen atoms in total. The van der Waals surface area contributed by atoms with Crippen LogP contribution in [0.5, 0.6) is 0 Å². The summed E-state index contributed by atoms with van der Waals surface area (Å²) in [6.07, 6.45) is 3.98. The lowest BCUT2D eigenvalue weighted by Gasteiger charge is -2.10. The van der Waals surface area contributed by atoms with Gasteiger partial charge in [0.2, 0.25) is 0 Å². The number of amides is 1. The third-order valence-corrected chi connectivity index (χ3v) is 3.40. The number of sulfone groups is 1. The molecule has 98 valence electrons. The second-order valence-electron chi connectivity index (χ2n) is 3.70. The van der Waals surface area contributed by atoms with E-state index < -0.39 is 9.84 Å². The Bertz CT molecular complexity index is 563. The zero-order valence-corrected chi connectivity index (χ0v) is 11.3. The predicted octanol–water partition coefficient (Wildman–Crippen LogP) is 1.12. The van der Waals surface area contributed by atoms with Crippen LogP contribution in [0.3, 0.4) is 0 Å². The van der Waals surface area contributed by atoms with E-state index in [1.54, 1.807) is 12.1 Å². The maximum Gasteiger partial charge on any atom is 0.269 e. The topological polar surface area (TPSA) is 63.7 Å². The second-order valence-corrected chi connectivity index (χ2v) is 5.71. The normalized spacial score (nSPS) is 11.7. The van der Waals surface area contributed by atoms with Crippen LogP contribution in [-0.2, 0) is 19.5 Å². The SMILES string of the molecule is CON(C)C(=O)/C=C/c1cccc(S(C)(=O)=O)c1. The number of likely N-dealkylation sites (N-methyl/N-ethyl adjacent to an activating group) is 1. The molecule has 0 saturated carbocycles. The number of nitrogens with zero attached hydrogens (tertiary/aromatic N) is 1. The molecule has 0 aromatic heterocycles. The van der Waals surface area contributed by atoms with Crippen molar-refractivity contribution in [2.75, 3.05) is 20.4 Å². The smallest absolute Gasteiger partial charge is 0.269 e. The molecule has 1 amide bonds. The van der Waals surface area contributed by atoms with Crippen LogP contribution in [0.25, 0.3) is 6.08 Å². The minimum absolute atomic E-state index is 0.220. The highest BCUT2D eigenvalue weighted by molar-refractivity contribution is 7.90. The summed E-state index contributed by atoms with van der Waals surface area (Å²) in [5.74, 6) is -0.331. The van der Waals surface area contributed by atoms with E-state index in [2.05, 4.69) is 0 Å². The van der Waals surface area contributed by atoms with Crippen LogP contribution >= 0.6 is 0 Å². The van der Waals surface area contributed by atoms with Crippen molar-refractivity contribution in [1.82, 2.24) is 5.06 Å². The van der Waals surface area contributed by atoms with Gasteiger partial charge in [-0.15, -0.1) is 0 Å². The summed E-state index contributed by atoms with van der Waals surface area (Å²) in [7, 11) is -0.368. The van der Waals surface area contributed by atoms with Gasteiger partial charge in [-0.2, -0.15) is 0 Å². The Hall–Kier alpha value is -1.66. The van der Waals surface area contributed by atoms with Gasteiger partial charge in [0.1, 0.15) is 0 Å². The van der Waals surface area contributed by atoms with Crippen molar-refractivity contribution in [3.63, 3.8) is 0 Å². The first-order chi connectivity index (χ1) is 8.34. The van der Waals surface area contributed by atoms with Crippen LogP contribution in [0, 0.1) is 0 Å². The molecule has 0 spiro atoms. The number of hydrogen-bond donors (Lipinski definition) is 0. The summed E-state index contributed by atoms with van der Waals surface area (Å²) >= 11 is 0. The van der Waals surface area contributed by atoms with E-state index >= 15 is 0 Å². The molecule has 1 aromatic carbocycles. The predicted molar refractivity (Wildman–Crippen MR) is 68.4 cm³/mol. The third kappa shape index (κ3) is 3.97. The molecule has 0 radical (unpaired) electrons. The van der Waals surface area contributed by atoms with Gasteiger partial charge in [-0.05, 0) is 23.8 Å². The Balaban J connectivity index is 2.93. The summed E-state index contributed by atoms with van der Waals surface area (Å²) in [5, 5.41) is 1.07. The second kappa shape index (κ2) is 5.79. The van der Waals surface area contributed by atoms with E-state index in [0.717, 1.165) is 11.3 Å². The molecule has 0 N–H and O–H groups in total. The van der Waals surface area contributed by atoms with Crippen LogP contribution < -0.4 is 0 Å². The minimum Gasteiger partial charge on any atom is -0.274 e. The van der Waals surface area contributed by atoms with Gasteiger partial charge in [-0.3, -0.25) is 9.63 Å². The summed E-state index contributed by atoms with van der Waals surface area (Å²) in [6, 6.07) is 6.35. The Labute approximate surface area is 107 Å². The van der Waals surface area contributed by atoms with Crippen molar-refractivity contribution in [2.45, 2.75) is 4.90 Å². The Morgan fingerprint density at radius 1 is 1.39 bits per heavy atom. The molecule has 0 fully saturated rings. The third-order valence-electron chi connectivity index (χ3n) is 2.29. The average Bonchev–Trinajstić information content (AvgIpc) is 2.34. The minimum atomic E-state index is -3.24. The van der Waals surface area contributed by atoms with Gasteiger partial charge in [0.05, 0.1) is 12.0 Å². The van der Waals surface area contributed by atoms with Gasteiger partial charge in [-0.1, -0.05) is 12.1 Å². The van der Waals surface area contributed by atoms with E-state index in [1.807, 2.05) is 0 Å². The lowest BCUT2D eigenvalue weighted by atomic mass is 10.2. The molecule has 1 aromatic rings. The number of hydroxylamine groups is 2. The average molecular weight is 269 g/mol. The lowest BCUT2D eigenvalue weighted by molar-refractivity contribution is -0.162. The standard InChI is InChI=1S/C12H15NO4S/c1-13(17-2)12(14)8-7-10-5-4-6-11(9-10)18(3,15)16/h4-9H,1-3H3/b8-7+. The molecule has 0 heterocycles. The van der Waals surface area contributed by atoms with Gasteiger partial charge in [0, 0.05) is 19.4 Å². The summed E-state index contributed by atoms with van der Waals surface area (Å²) in [5.41, 5.74) is 0.635. The lowest BCUT2D eigenvalue weighted by Crippen LogP contribution is -2.22. The number of carbonyl (C=O) groups is 1.